The van der Waals surface area contributed by atoms with Crippen LogP contribution in [0.3, 0.4) is 0 Å². The van der Waals surface area contributed by atoms with Crippen LogP contribution >= 0.6 is 0 Å². The summed E-state index contributed by atoms with van der Waals surface area (Å²) in [5, 5.41) is 0. The maximum atomic E-state index is 13.3. The summed E-state index contributed by atoms with van der Waals surface area (Å²) >= 11 is 0. The molecule has 4 fully saturated rings. The van der Waals surface area contributed by atoms with Crippen molar-refractivity contribution in [1.82, 2.24) is 0 Å². The smallest absolute Gasteiger partial charge is 0.194 e. The molecule has 0 amide bonds. The SMILES string of the molecule is CCCC1CCC(c2cc(F)c(F)c(F)c2)CC1.CCCCC1CCC(c2cc(F)c(F)c(F)c2)CC1.CCCCCC1CCC(c2cc(F)c(F)c(F)c2)CC1.CCCCCCCC1CCC(c2cc(F)c(F)c(F)c2)CC1. The van der Waals surface area contributed by atoms with Crippen molar-refractivity contribution < 1.29 is 52.7 Å². The Morgan fingerprint density at radius 2 is 0.443 bits per heavy atom. The molecule has 4 aromatic rings. The lowest BCUT2D eigenvalue weighted by atomic mass is 9.77. The molecule has 79 heavy (non-hydrogen) atoms. The molecule has 0 nitrogen and oxygen atoms in total. The van der Waals surface area contributed by atoms with E-state index in [9.17, 15) is 52.7 Å². The maximum absolute atomic E-state index is 13.3. The van der Waals surface area contributed by atoms with E-state index in [0.717, 1.165) is 151 Å². The first-order chi connectivity index (χ1) is 38.0. The predicted molar refractivity (Wildman–Crippen MR) is 296 cm³/mol. The first kappa shape index (κ1) is 65.8. The largest absolute Gasteiger partial charge is 0.204 e. The standard InChI is InChI=1S/C19H27F3.C17H23F3.C16H21F3.C15H19F3/c1-2-3-4-5-6-7-14-8-10-15(11-9-14)16-12-17(20)19(22)18(21)13-16;1-2-3-4-5-12-6-8-13(9-7-12)14-10-15(18)17(20)16(19)11-14;1-2-3-4-11-5-7-12(8-6-11)13-9-14(17)16(19)15(18)10-13;1-2-3-10-4-6-11(7-5-10)12-8-13(16)15(18)14(17)9-12/h12-15H,2-11H2,1H3;10-13H,2-9H2,1H3;9-12H,2-8H2,1H3;8-11H,2-7H2,1H3. The second-order valence-electron chi connectivity index (χ2n) is 23.7. The van der Waals surface area contributed by atoms with Gasteiger partial charge in [-0.1, -0.05) is 124 Å². The fourth-order valence-corrected chi connectivity index (χ4v) is 13.0. The van der Waals surface area contributed by atoms with Crippen molar-refractivity contribution in [3.05, 3.63) is 141 Å². The molecule has 442 valence electrons. The first-order valence-corrected chi connectivity index (χ1v) is 30.5. The molecule has 0 bridgehead atoms. The van der Waals surface area contributed by atoms with E-state index >= 15 is 0 Å². The van der Waals surface area contributed by atoms with E-state index in [2.05, 4.69) is 27.7 Å². The van der Waals surface area contributed by atoms with Gasteiger partial charge in [-0.25, -0.2) is 52.7 Å². The topological polar surface area (TPSA) is 0 Å². The minimum Gasteiger partial charge on any atom is -0.204 e. The van der Waals surface area contributed by atoms with E-state index in [0.29, 0.717) is 22.3 Å². The fraction of sp³-hybridized carbons (Fsp3) is 0.642. The number of benzene rings is 4. The van der Waals surface area contributed by atoms with Gasteiger partial charge in [0.05, 0.1) is 0 Å². The molecule has 8 rings (SSSR count). The monoisotopic (exact) mass is 1120 g/mol. The predicted octanol–water partition coefficient (Wildman–Crippen LogP) is 23.4. The molecular weight excluding hydrogens is 1030 g/mol. The lowest BCUT2D eigenvalue weighted by Gasteiger charge is -2.29. The van der Waals surface area contributed by atoms with Gasteiger partial charge in [-0.3, -0.25) is 0 Å². The van der Waals surface area contributed by atoms with Gasteiger partial charge in [0.2, 0.25) is 0 Å². The van der Waals surface area contributed by atoms with Crippen molar-refractivity contribution in [1.29, 1.82) is 0 Å². The molecule has 4 aliphatic carbocycles. The Morgan fingerprint density at radius 1 is 0.241 bits per heavy atom. The molecule has 0 unspecified atom stereocenters. The average molecular weight is 1120 g/mol. The zero-order valence-corrected chi connectivity index (χ0v) is 47.7. The zero-order chi connectivity index (χ0) is 57.4. The average Bonchev–Trinajstić information content (AvgIpc) is 3.46. The molecule has 0 radical (unpaired) electrons. The van der Waals surface area contributed by atoms with Gasteiger partial charge in [-0.15, -0.1) is 0 Å². The zero-order valence-electron chi connectivity index (χ0n) is 47.7. The van der Waals surface area contributed by atoms with Crippen LogP contribution in [0, 0.1) is 93.5 Å². The molecular formula is C67H90F12. The Kier molecular flexibility index (Phi) is 28.7. The normalized spacial score (nSPS) is 23.1. The lowest BCUT2D eigenvalue weighted by molar-refractivity contribution is 0.300. The first-order valence-electron chi connectivity index (χ1n) is 30.5. The molecule has 0 aliphatic heterocycles. The van der Waals surface area contributed by atoms with E-state index < -0.39 is 69.8 Å². The van der Waals surface area contributed by atoms with Gasteiger partial charge < -0.3 is 0 Å². The van der Waals surface area contributed by atoms with E-state index in [1.807, 2.05) is 0 Å². The number of rotatable bonds is 19. The highest BCUT2D eigenvalue weighted by Crippen LogP contribution is 2.42. The Bertz CT molecular complexity index is 2290. The highest BCUT2D eigenvalue weighted by atomic mass is 19.2. The van der Waals surface area contributed by atoms with Crippen LogP contribution in [0.1, 0.15) is 273 Å². The van der Waals surface area contributed by atoms with Crippen molar-refractivity contribution in [2.24, 2.45) is 23.7 Å². The molecule has 0 N–H and O–H groups in total. The molecule has 4 aliphatic rings. The third-order valence-corrected chi connectivity index (χ3v) is 17.9. The van der Waals surface area contributed by atoms with Gasteiger partial charge in [0, 0.05) is 0 Å². The van der Waals surface area contributed by atoms with Gasteiger partial charge in [0.25, 0.3) is 0 Å². The van der Waals surface area contributed by atoms with Gasteiger partial charge in [-0.2, -0.15) is 0 Å². The number of hydrogen-bond donors (Lipinski definition) is 0. The quantitative estimate of drug-likeness (QED) is 0.0499. The lowest BCUT2D eigenvalue weighted by Crippen LogP contribution is -2.14. The second kappa shape index (κ2) is 34.5. The van der Waals surface area contributed by atoms with E-state index in [1.165, 1.54) is 121 Å². The number of unbranched alkanes of at least 4 members (excludes halogenated alkanes) is 7. The molecule has 0 heterocycles. The summed E-state index contributed by atoms with van der Waals surface area (Å²) in [5.74, 6) is -10.2. The van der Waals surface area contributed by atoms with Crippen LogP contribution in [-0.2, 0) is 0 Å². The Balaban J connectivity index is 0.000000194. The molecule has 0 atom stereocenters. The van der Waals surface area contributed by atoms with Crippen molar-refractivity contribution in [2.75, 3.05) is 0 Å². The van der Waals surface area contributed by atoms with E-state index in [4.69, 9.17) is 0 Å². The molecule has 4 aromatic carbocycles. The third-order valence-electron chi connectivity index (χ3n) is 17.9. The summed E-state index contributed by atoms with van der Waals surface area (Å²) in [6.45, 7) is 8.80. The van der Waals surface area contributed by atoms with Crippen LogP contribution in [0.4, 0.5) is 52.7 Å². The number of hydrogen-bond acceptors (Lipinski definition) is 0. The second-order valence-corrected chi connectivity index (χ2v) is 23.7. The van der Waals surface area contributed by atoms with Crippen LogP contribution in [0.15, 0.2) is 48.5 Å². The van der Waals surface area contributed by atoms with Crippen molar-refractivity contribution >= 4 is 0 Å². The van der Waals surface area contributed by atoms with Crippen molar-refractivity contribution in [3.8, 4) is 0 Å². The minimum absolute atomic E-state index is 0.181. The van der Waals surface area contributed by atoms with E-state index in [1.54, 1.807) is 0 Å². The van der Waals surface area contributed by atoms with Crippen LogP contribution in [0.2, 0.25) is 0 Å². The van der Waals surface area contributed by atoms with Crippen LogP contribution < -0.4 is 0 Å². The summed E-state index contributed by atoms with van der Waals surface area (Å²) in [6.07, 6.45) is 35.7. The van der Waals surface area contributed by atoms with Gasteiger partial charge in [-0.05, 0) is 221 Å². The van der Waals surface area contributed by atoms with Gasteiger partial charge in [0.1, 0.15) is 0 Å². The van der Waals surface area contributed by atoms with Crippen LogP contribution in [-0.4, -0.2) is 0 Å². The van der Waals surface area contributed by atoms with Crippen LogP contribution in [0.25, 0.3) is 0 Å². The Morgan fingerprint density at radius 3 is 0.684 bits per heavy atom. The highest BCUT2D eigenvalue weighted by molar-refractivity contribution is 5.27. The third kappa shape index (κ3) is 21.1. The van der Waals surface area contributed by atoms with Crippen molar-refractivity contribution in [2.45, 2.75) is 250 Å². The van der Waals surface area contributed by atoms with Gasteiger partial charge >= 0.3 is 0 Å². The minimum atomic E-state index is -1.36. The summed E-state index contributed by atoms with van der Waals surface area (Å²) in [4.78, 5) is 0. The number of halogens is 12. The van der Waals surface area contributed by atoms with Gasteiger partial charge in [0.15, 0.2) is 69.8 Å². The molecule has 0 saturated heterocycles. The fourth-order valence-electron chi connectivity index (χ4n) is 13.0. The summed E-state index contributed by atoms with van der Waals surface area (Å²) in [5.41, 5.74) is 2.47. The molecule has 0 aromatic heterocycles. The Hall–Kier alpha value is -3.96. The molecule has 12 heteroatoms. The van der Waals surface area contributed by atoms with Crippen molar-refractivity contribution in [3.63, 3.8) is 0 Å². The van der Waals surface area contributed by atoms with E-state index in [-0.39, 0.29) is 23.7 Å². The maximum Gasteiger partial charge on any atom is 0.194 e. The summed E-state index contributed by atoms with van der Waals surface area (Å²) < 4.78 is 158. The highest BCUT2D eigenvalue weighted by Gasteiger charge is 2.28. The summed E-state index contributed by atoms with van der Waals surface area (Å²) in [7, 11) is 0. The van der Waals surface area contributed by atoms with Crippen LogP contribution in [0.5, 0.6) is 0 Å². The summed E-state index contributed by atoms with van der Waals surface area (Å²) in [6, 6.07) is 9.32. The molecule has 4 saturated carbocycles. The Labute approximate surface area is 465 Å². The molecule has 0 spiro atoms.